The number of aryl methyl sites for hydroxylation is 1. The van der Waals surface area contributed by atoms with Gasteiger partial charge in [-0.1, -0.05) is 42.5 Å². The molecule has 2 aromatic carbocycles. The predicted molar refractivity (Wildman–Crippen MR) is 92.5 cm³/mol. The minimum atomic E-state index is -0.353. The van der Waals surface area contributed by atoms with Crippen LogP contribution in [0.15, 0.2) is 61.2 Å². The van der Waals surface area contributed by atoms with Gasteiger partial charge in [-0.05, 0) is 36.1 Å². The van der Waals surface area contributed by atoms with Crippen molar-refractivity contribution in [1.82, 2.24) is 4.90 Å². The molecule has 0 fully saturated rings. The summed E-state index contributed by atoms with van der Waals surface area (Å²) >= 11 is 0. The van der Waals surface area contributed by atoms with Crippen LogP contribution in [0.2, 0.25) is 0 Å². The average Bonchev–Trinajstić information content (AvgIpc) is 2.59. The highest BCUT2D eigenvalue weighted by molar-refractivity contribution is 6.02. The van der Waals surface area contributed by atoms with Crippen LogP contribution in [0.1, 0.15) is 27.9 Å². The van der Waals surface area contributed by atoms with E-state index in [2.05, 4.69) is 36.2 Å². The zero-order chi connectivity index (χ0) is 15.9. The Bertz CT molecular complexity index is 783. The molecule has 2 aliphatic rings. The van der Waals surface area contributed by atoms with E-state index in [1.54, 1.807) is 0 Å². The van der Waals surface area contributed by atoms with Crippen LogP contribution >= 0.6 is 0 Å². The van der Waals surface area contributed by atoms with Crippen LogP contribution in [-0.4, -0.2) is 23.0 Å². The van der Waals surface area contributed by atoms with E-state index in [-0.39, 0.29) is 11.6 Å². The van der Waals surface area contributed by atoms with Gasteiger partial charge in [-0.3, -0.25) is 4.79 Å². The van der Waals surface area contributed by atoms with E-state index in [9.17, 15) is 4.79 Å². The van der Waals surface area contributed by atoms with Gasteiger partial charge in [0, 0.05) is 18.7 Å². The molecule has 0 saturated carbocycles. The Kier molecular flexibility index (Phi) is 3.22. The van der Waals surface area contributed by atoms with E-state index in [1.165, 1.54) is 11.1 Å². The van der Waals surface area contributed by atoms with Gasteiger partial charge in [0.1, 0.15) is 5.66 Å². The first-order valence-corrected chi connectivity index (χ1v) is 8.10. The normalized spacial score (nSPS) is 22.3. The summed E-state index contributed by atoms with van der Waals surface area (Å²) in [5.41, 5.74) is 4.06. The van der Waals surface area contributed by atoms with Gasteiger partial charge >= 0.3 is 0 Å². The van der Waals surface area contributed by atoms with Crippen LogP contribution in [0.25, 0.3) is 0 Å². The summed E-state index contributed by atoms with van der Waals surface area (Å²) in [7, 11) is 0. The number of anilines is 1. The number of carbonyl (C=O) groups excluding carboxylic acids is 1. The van der Waals surface area contributed by atoms with Gasteiger partial charge in [-0.25, -0.2) is 0 Å². The molecule has 3 heteroatoms. The number of fused-ring (bicyclic) bond motifs is 2. The molecule has 1 amide bonds. The summed E-state index contributed by atoms with van der Waals surface area (Å²) in [6.45, 7) is 4.40. The van der Waals surface area contributed by atoms with Crippen LogP contribution in [0.4, 0.5) is 5.69 Å². The lowest BCUT2D eigenvalue weighted by atomic mass is 9.80. The fraction of sp³-hybridized carbons (Fsp3) is 0.250. The van der Waals surface area contributed by atoms with Gasteiger partial charge in [0.25, 0.3) is 5.91 Å². The van der Waals surface area contributed by atoms with Gasteiger partial charge in [-0.2, -0.15) is 0 Å². The van der Waals surface area contributed by atoms with E-state index in [0.717, 1.165) is 30.5 Å². The fourth-order valence-corrected chi connectivity index (χ4v) is 3.88. The van der Waals surface area contributed by atoms with Crippen LogP contribution in [0.3, 0.4) is 0 Å². The maximum atomic E-state index is 13.0. The highest BCUT2D eigenvalue weighted by Crippen LogP contribution is 2.39. The van der Waals surface area contributed by atoms with E-state index < -0.39 is 0 Å². The largest absolute Gasteiger partial charge is 0.362 e. The van der Waals surface area contributed by atoms with Crippen molar-refractivity contribution in [2.75, 3.05) is 11.9 Å². The molecule has 1 aliphatic heterocycles. The number of para-hydroxylation sites is 1. The molecule has 2 aromatic rings. The maximum Gasteiger partial charge on any atom is 0.258 e. The highest BCUT2D eigenvalue weighted by atomic mass is 16.2. The van der Waals surface area contributed by atoms with Crippen molar-refractivity contribution in [1.29, 1.82) is 0 Å². The van der Waals surface area contributed by atoms with Crippen LogP contribution in [0, 0.1) is 0 Å². The Morgan fingerprint density at radius 3 is 2.70 bits per heavy atom. The molecule has 0 aromatic heterocycles. The number of amides is 1. The number of hydrogen-bond acceptors (Lipinski definition) is 2. The molecule has 1 heterocycles. The third kappa shape index (κ3) is 2.15. The third-order valence-electron chi connectivity index (χ3n) is 5.01. The van der Waals surface area contributed by atoms with Crippen molar-refractivity contribution in [3.63, 3.8) is 0 Å². The quantitative estimate of drug-likeness (QED) is 0.859. The highest BCUT2D eigenvalue weighted by Gasteiger charge is 2.45. The Morgan fingerprint density at radius 2 is 1.87 bits per heavy atom. The number of hydrogen-bond donors (Lipinski definition) is 1. The van der Waals surface area contributed by atoms with Gasteiger partial charge < -0.3 is 10.2 Å². The number of carbonyl (C=O) groups is 1. The molecule has 1 atom stereocenters. The molecule has 1 N–H and O–H groups in total. The second-order valence-corrected chi connectivity index (χ2v) is 6.35. The number of nitrogens with zero attached hydrogens (tertiary/aromatic N) is 1. The first-order chi connectivity index (χ1) is 11.2. The zero-order valence-corrected chi connectivity index (χ0v) is 13.1. The standard InChI is InChI=1S/C20H20N2O/c1-2-13-22-19(23)17-9-5-6-10-18(17)21-20(22)12-11-15-7-3-4-8-16(15)14-20/h2-10,21H,1,11-14H2/t20-/m0/s1. The summed E-state index contributed by atoms with van der Waals surface area (Å²) < 4.78 is 0. The molecule has 116 valence electrons. The molecule has 4 rings (SSSR count). The van der Waals surface area contributed by atoms with Crippen molar-refractivity contribution >= 4 is 11.6 Å². The third-order valence-corrected chi connectivity index (χ3v) is 5.01. The molecule has 0 saturated heterocycles. The molecule has 23 heavy (non-hydrogen) atoms. The molecule has 1 spiro atoms. The fourth-order valence-electron chi connectivity index (χ4n) is 3.88. The van der Waals surface area contributed by atoms with E-state index in [0.29, 0.717) is 6.54 Å². The summed E-state index contributed by atoms with van der Waals surface area (Å²) in [5, 5.41) is 3.68. The average molecular weight is 304 g/mol. The number of nitrogens with one attached hydrogen (secondary N) is 1. The first kappa shape index (κ1) is 14.1. The van der Waals surface area contributed by atoms with Crippen molar-refractivity contribution in [3.8, 4) is 0 Å². The van der Waals surface area contributed by atoms with Crippen molar-refractivity contribution in [3.05, 3.63) is 77.9 Å². The number of benzene rings is 2. The molecule has 3 nitrogen and oxygen atoms in total. The first-order valence-electron chi connectivity index (χ1n) is 8.10. The second kappa shape index (κ2) is 5.27. The Morgan fingerprint density at radius 1 is 1.13 bits per heavy atom. The van der Waals surface area contributed by atoms with Gasteiger partial charge in [0.15, 0.2) is 0 Å². The number of rotatable bonds is 2. The topological polar surface area (TPSA) is 32.3 Å². The zero-order valence-electron chi connectivity index (χ0n) is 13.1. The minimum absolute atomic E-state index is 0.0960. The van der Waals surface area contributed by atoms with Crippen molar-refractivity contribution in [2.45, 2.75) is 24.9 Å². The molecule has 0 bridgehead atoms. The summed E-state index contributed by atoms with van der Waals surface area (Å²) in [6, 6.07) is 16.3. The van der Waals surface area contributed by atoms with Crippen LogP contribution in [-0.2, 0) is 12.8 Å². The lowest BCUT2D eigenvalue weighted by Gasteiger charge is -2.50. The lowest BCUT2D eigenvalue weighted by Crippen LogP contribution is -2.62. The van der Waals surface area contributed by atoms with Crippen molar-refractivity contribution < 1.29 is 4.79 Å². The lowest BCUT2D eigenvalue weighted by molar-refractivity contribution is 0.0509. The Hall–Kier alpha value is -2.55. The van der Waals surface area contributed by atoms with Crippen LogP contribution in [0.5, 0.6) is 0 Å². The molecule has 0 radical (unpaired) electrons. The smallest absolute Gasteiger partial charge is 0.258 e. The minimum Gasteiger partial charge on any atom is -0.362 e. The van der Waals surface area contributed by atoms with E-state index in [4.69, 9.17) is 0 Å². The summed E-state index contributed by atoms with van der Waals surface area (Å²) in [6.07, 6.45) is 4.54. The summed E-state index contributed by atoms with van der Waals surface area (Å²) in [4.78, 5) is 15.0. The van der Waals surface area contributed by atoms with Gasteiger partial charge in [0.05, 0.1) is 5.56 Å². The molecule has 1 aliphatic carbocycles. The van der Waals surface area contributed by atoms with Gasteiger partial charge in [-0.15, -0.1) is 6.58 Å². The van der Waals surface area contributed by atoms with E-state index >= 15 is 0 Å². The molecular formula is C20H20N2O. The SMILES string of the molecule is C=CCN1C(=O)c2ccccc2N[C@@]12CCc1ccccc1C2. The molecular weight excluding hydrogens is 284 g/mol. The predicted octanol–water partition coefficient (Wildman–Crippen LogP) is 3.63. The Balaban J connectivity index is 1.81. The monoisotopic (exact) mass is 304 g/mol. The molecule has 0 unspecified atom stereocenters. The maximum absolute atomic E-state index is 13.0. The second-order valence-electron chi connectivity index (χ2n) is 6.35. The van der Waals surface area contributed by atoms with Gasteiger partial charge in [0.2, 0.25) is 0 Å². The van der Waals surface area contributed by atoms with Crippen LogP contribution < -0.4 is 5.32 Å². The van der Waals surface area contributed by atoms with Crippen molar-refractivity contribution in [2.24, 2.45) is 0 Å². The van der Waals surface area contributed by atoms with E-state index in [1.807, 2.05) is 35.2 Å². The Labute approximate surface area is 136 Å². The summed E-state index contributed by atoms with van der Waals surface area (Å²) in [5.74, 6) is 0.0960.